The fourth-order valence-electron chi connectivity index (χ4n) is 4.88. The van der Waals surface area contributed by atoms with Gasteiger partial charge in [-0.15, -0.1) is 0 Å². The first-order chi connectivity index (χ1) is 19.6. The number of sulfonamides is 1. The van der Waals surface area contributed by atoms with E-state index in [0.717, 1.165) is 36.4 Å². The predicted octanol–water partition coefficient (Wildman–Crippen LogP) is 6.71. The highest BCUT2D eigenvalue weighted by Gasteiger charge is 2.34. The van der Waals surface area contributed by atoms with Crippen LogP contribution in [-0.2, 0) is 26.2 Å². The summed E-state index contributed by atoms with van der Waals surface area (Å²) >= 11 is 19.1. The molecule has 0 spiro atoms. The second-order valence-corrected chi connectivity index (χ2v) is 13.1. The van der Waals surface area contributed by atoms with Gasteiger partial charge in [-0.2, -0.15) is 0 Å². The Labute approximate surface area is 256 Å². The van der Waals surface area contributed by atoms with E-state index >= 15 is 0 Å². The Hall–Kier alpha value is -2.78. The van der Waals surface area contributed by atoms with Crippen molar-refractivity contribution in [1.29, 1.82) is 0 Å². The summed E-state index contributed by atoms with van der Waals surface area (Å²) in [5, 5.41) is 3.63. The van der Waals surface area contributed by atoms with E-state index < -0.39 is 28.5 Å². The van der Waals surface area contributed by atoms with Gasteiger partial charge in [0.2, 0.25) is 11.8 Å². The average Bonchev–Trinajstić information content (AvgIpc) is 2.97. The summed E-state index contributed by atoms with van der Waals surface area (Å²) in [6.07, 6.45) is 4.97. The Morgan fingerprint density at radius 1 is 0.878 bits per heavy atom. The summed E-state index contributed by atoms with van der Waals surface area (Å²) in [6, 6.07) is 18.5. The van der Waals surface area contributed by atoms with Gasteiger partial charge in [0, 0.05) is 17.6 Å². The van der Waals surface area contributed by atoms with Gasteiger partial charge in [0.25, 0.3) is 10.0 Å². The molecule has 0 bridgehead atoms. The maximum absolute atomic E-state index is 14.1. The number of halogens is 3. The number of amides is 2. The molecule has 41 heavy (non-hydrogen) atoms. The average molecular weight is 637 g/mol. The summed E-state index contributed by atoms with van der Waals surface area (Å²) in [6.45, 7) is 1.01. The Morgan fingerprint density at radius 3 is 2.20 bits per heavy atom. The topological polar surface area (TPSA) is 86.8 Å². The number of rotatable bonds is 10. The minimum atomic E-state index is -4.26. The molecule has 1 unspecified atom stereocenters. The number of hydrogen-bond acceptors (Lipinski definition) is 4. The van der Waals surface area contributed by atoms with Crippen LogP contribution in [-0.4, -0.2) is 43.8 Å². The zero-order chi connectivity index (χ0) is 29.6. The maximum Gasteiger partial charge on any atom is 0.264 e. The lowest BCUT2D eigenvalue weighted by Crippen LogP contribution is -2.53. The highest BCUT2D eigenvalue weighted by atomic mass is 35.5. The van der Waals surface area contributed by atoms with Crippen LogP contribution >= 0.6 is 34.8 Å². The van der Waals surface area contributed by atoms with Crippen molar-refractivity contribution in [1.82, 2.24) is 10.2 Å². The van der Waals surface area contributed by atoms with Gasteiger partial charge in [0.1, 0.15) is 12.6 Å². The first-order valence-electron chi connectivity index (χ1n) is 13.4. The third-order valence-corrected chi connectivity index (χ3v) is 10.2. The van der Waals surface area contributed by atoms with Crippen molar-refractivity contribution in [2.45, 2.75) is 62.6 Å². The Kier molecular flexibility index (Phi) is 10.6. The molecule has 1 aliphatic rings. The normalized spacial score (nSPS) is 14.7. The summed E-state index contributed by atoms with van der Waals surface area (Å²) in [7, 11) is -4.26. The molecule has 0 heterocycles. The Balaban J connectivity index is 1.71. The third-order valence-electron chi connectivity index (χ3n) is 7.23. The Bertz CT molecular complexity index is 1480. The van der Waals surface area contributed by atoms with Gasteiger partial charge in [0.15, 0.2) is 0 Å². The lowest BCUT2D eigenvalue weighted by molar-refractivity contribution is -0.139. The molecule has 0 aromatic heterocycles. The van der Waals surface area contributed by atoms with Gasteiger partial charge < -0.3 is 10.2 Å². The molecule has 7 nitrogen and oxygen atoms in total. The van der Waals surface area contributed by atoms with Crippen LogP contribution in [0.5, 0.6) is 0 Å². The number of benzene rings is 3. The molecule has 4 rings (SSSR count). The lowest BCUT2D eigenvalue weighted by atomic mass is 9.95. The van der Waals surface area contributed by atoms with Crippen molar-refractivity contribution in [3.8, 4) is 0 Å². The molecular weight excluding hydrogens is 605 g/mol. The zero-order valence-electron chi connectivity index (χ0n) is 22.6. The molecule has 1 saturated carbocycles. The van der Waals surface area contributed by atoms with Crippen molar-refractivity contribution >= 4 is 62.3 Å². The second-order valence-electron chi connectivity index (χ2n) is 10.0. The van der Waals surface area contributed by atoms with E-state index in [1.54, 1.807) is 55.5 Å². The molecular formula is C30H32Cl3N3O4S. The highest BCUT2D eigenvalue weighted by molar-refractivity contribution is 7.92. The number of nitrogens with zero attached hydrogens (tertiary/aromatic N) is 2. The molecule has 3 aromatic carbocycles. The number of carbonyl (C=O) groups excluding carboxylic acids is 2. The van der Waals surface area contributed by atoms with Gasteiger partial charge >= 0.3 is 0 Å². The van der Waals surface area contributed by atoms with E-state index in [1.807, 2.05) is 0 Å². The van der Waals surface area contributed by atoms with E-state index in [9.17, 15) is 18.0 Å². The van der Waals surface area contributed by atoms with Crippen molar-refractivity contribution in [3.05, 3.63) is 93.4 Å². The van der Waals surface area contributed by atoms with Crippen molar-refractivity contribution in [2.75, 3.05) is 10.8 Å². The summed E-state index contributed by atoms with van der Waals surface area (Å²) < 4.78 is 28.7. The van der Waals surface area contributed by atoms with Crippen molar-refractivity contribution < 1.29 is 18.0 Å². The lowest BCUT2D eigenvalue weighted by Gasteiger charge is -2.33. The van der Waals surface area contributed by atoms with Gasteiger partial charge in [0.05, 0.1) is 20.6 Å². The molecule has 11 heteroatoms. The molecule has 1 N–H and O–H groups in total. The summed E-state index contributed by atoms with van der Waals surface area (Å²) in [5.74, 6) is -0.915. The van der Waals surface area contributed by atoms with Crippen LogP contribution in [0.4, 0.5) is 5.69 Å². The standard InChI is InChI=1S/C30H32Cl3N3O4S/c1-21(30(38)34-23-12-4-2-5-13-23)35(19-22-11-8-9-16-25(22)31)28(37)20-36(27-18-10-17-26(32)29(27)33)41(39,40)24-14-6-3-7-15-24/h3,6-11,14-18,21,23H,2,4-5,12-13,19-20H2,1H3,(H,34,38). The number of hydrogen-bond donors (Lipinski definition) is 1. The molecule has 0 radical (unpaired) electrons. The molecule has 3 aromatic rings. The molecule has 0 saturated heterocycles. The molecule has 1 atom stereocenters. The highest BCUT2D eigenvalue weighted by Crippen LogP contribution is 2.35. The minimum Gasteiger partial charge on any atom is -0.352 e. The maximum atomic E-state index is 14.1. The zero-order valence-corrected chi connectivity index (χ0v) is 25.7. The van der Waals surface area contributed by atoms with Gasteiger partial charge in [-0.25, -0.2) is 8.42 Å². The molecule has 218 valence electrons. The number of nitrogens with one attached hydrogen (secondary N) is 1. The van der Waals surface area contributed by atoms with E-state index in [2.05, 4.69) is 5.32 Å². The van der Waals surface area contributed by atoms with Crippen LogP contribution in [0.25, 0.3) is 0 Å². The monoisotopic (exact) mass is 635 g/mol. The van der Waals surface area contributed by atoms with Gasteiger partial charge in [-0.05, 0) is 55.7 Å². The summed E-state index contributed by atoms with van der Waals surface area (Å²) in [4.78, 5) is 28.8. The predicted molar refractivity (Wildman–Crippen MR) is 164 cm³/mol. The van der Waals surface area contributed by atoms with Crippen molar-refractivity contribution in [3.63, 3.8) is 0 Å². The minimum absolute atomic E-state index is 0.000261. The van der Waals surface area contributed by atoms with E-state index in [-0.39, 0.29) is 39.1 Å². The fourth-order valence-corrected chi connectivity index (χ4v) is 6.97. The van der Waals surface area contributed by atoms with Crippen LogP contribution in [0, 0.1) is 0 Å². The van der Waals surface area contributed by atoms with E-state index in [1.165, 1.54) is 29.2 Å². The third kappa shape index (κ3) is 7.55. The largest absolute Gasteiger partial charge is 0.352 e. The SMILES string of the molecule is CC(C(=O)NC1CCCCC1)N(Cc1ccccc1Cl)C(=O)CN(c1cccc(Cl)c1Cl)S(=O)(=O)c1ccccc1. The smallest absolute Gasteiger partial charge is 0.264 e. The van der Waals surface area contributed by atoms with Crippen LogP contribution in [0.15, 0.2) is 77.7 Å². The quantitative estimate of drug-likeness (QED) is 0.268. The summed E-state index contributed by atoms with van der Waals surface area (Å²) in [5.41, 5.74) is 0.673. The van der Waals surface area contributed by atoms with Gasteiger partial charge in [-0.1, -0.05) is 96.5 Å². The van der Waals surface area contributed by atoms with Crippen LogP contribution < -0.4 is 9.62 Å². The van der Waals surface area contributed by atoms with E-state index in [0.29, 0.717) is 10.6 Å². The molecule has 2 amide bonds. The molecule has 0 aliphatic heterocycles. The van der Waals surface area contributed by atoms with E-state index in [4.69, 9.17) is 34.8 Å². The van der Waals surface area contributed by atoms with Gasteiger partial charge in [-0.3, -0.25) is 13.9 Å². The Morgan fingerprint density at radius 2 is 1.51 bits per heavy atom. The second kappa shape index (κ2) is 13.9. The number of anilines is 1. The first-order valence-corrected chi connectivity index (χ1v) is 16.0. The van der Waals surface area contributed by atoms with Crippen LogP contribution in [0.3, 0.4) is 0 Å². The fraction of sp³-hybridized carbons (Fsp3) is 0.333. The van der Waals surface area contributed by atoms with Crippen LogP contribution in [0.1, 0.15) is 44.6 Å². The van der Waals surface area contributed by atoms with Crippen LogP contribution in [0.2, 0.25) is 15.1 Å². The molecule has 1 aliphatic carbocycles. The first kappa shape index (κ1) is 31.2. The molecule has 1 fully saturated rings. The van der Waals surface area contributed by atoms with Crippen molar-refractivity contribution in [2.24, 2.45) is 0 Å². The number of carbonyl (C=O) groups is 2.